The number of rotatable bonds is 5. The highest BCUT2D eigenvalue weighted by Gasteiger charge is 2.26. The van der Waals surface area contributed by atoms with Crippen molar-refractivity contribution in [2.45, 2.75) is 38.8 Å². The number of aryl methyl sites for hydroxylation is 1. The zero-order valence-electron chi connectivity index (χ0n) is 15.6. The summed E-state index contributed by atoms with van der Waals surface area (Å²) >= 11 is 0. The molecule has 0 saturated carbocycles. The molecule has 2 aromatic heterocycles. The topological polar surface area (TPSA) is 85.3 Å². The second-order valence-electron chi connectivity index (χ2n) is 7.21. The van der Waals surface area contributed by atoms with E-state index in [2.05, 4.69) is 41.8 Å². The quantitative estimate of drug-likeness (QED) is 0.770. The van der Waals surface area contributed by atoms with Gasteiger partial charge in [0.2, 0.25) is 5.89 Å². The van der Waals surface area contributed by atoms with Gasteiger partial charge in [0, 0.05) is 26.1 Å². The predicted octanol–water partition coefficient (Wildman–Crippen LogP) is 0.718. The van der Waals surface area contributed by atoms with Gasteiger partial charge in [-0.2, -0.15) is 4.98 Å². The van der Waals surface area contributed by atoms with E-state index in [1.54, 1.807) is 0 Å². The van der Waals surface area contributed by atoms with Crippen molar-refractivity contribution < 1.29 is 9.26 Å². The molecule has 2 aliphatic rings. The van der Waals surface area contributed by atoms with Crippen LogP contribution in [0.1, 0.15) is 42.1 Å². The van der Waals surface area contributed by atoms with E-state index in [0.717, 1.165) is 77.0 Å². The fourth-order valence-electron chi connectivity index (χ4n) is 3.77. The molecule has 0 unspecified atom stereocenters. The van der Waals surface area contributed by atoms with Crippen molar-refractivity contribution in [3.05, 3.63) is 23.4 Å². The van der Waals surface area contributed by atoms with Crippen LogP contribution < -0.4 is 0 Å². The molecule has 0 radical (unpaired) electrons. The van der Waals surface area contributed by atoms with Gasteiger partial charge in [0.15, 0.2) is 5.82 Å². The molecule has 2 aliphatic heterocycles. The first-order valence-electron chi connectivity index (χ1n) is 9.39. The van der Waals surface area contributed by atoms with E-state index < -0.39 is 0 Å². The van der Waals surface area contributed by atoms with Gasteiger partial charge in [0.1, 0.15) is 11.6 Å². The highest BCUT2D eigenvalue weighted by atomic mass is 16.5. The molecule has 0 bridgehead atoms. The van der Waals surface area contributed by atoms with Crippen molar-refractivity contribution >= 4 is 0 Å². The van der Waals surface area contributed by atoms with Crippen LogP contribution >= 0.6 is 0 Å². The zero-order chi connectivity index (χ0) is 17.9. The maximum atomic E-state index is 5.42. The van der Waals surface area contributed by atoms with Crippen molar-refractivity contribution in [2.24, 2.45) is 7.05 Å². The summed E-state index contributed by atoms with van der Waals surface area (Å²) in [5.41, 5.74) is 0. The van der Waals surface area contributed by atoms with Gasteiger partial charge in [-0.05, 0) is 32.9 Å². The maximum absolute atomic E-state index is 5.42. The van der Waals surface area contributed by atoms with Crippen molar-refractivity contribution in [3.63, 3.8) is 0 Å². The number of likely N-dealkylation sites (tertiary alicyclic amines) is 1. The molecule has 0 spiro atoms. The van der Waals surface area contributed by atoms with Gasteiger partial charge in [-0.3, -0.25) is 9.80 Å². The molecule has 26 heavy (non-hydrogen) atoms. The van der Waals surface area contributed by atoms with Gasteiger partial charge >= 0.3 is 0 Å². The monoisotopic (exact) mass is 361 g/mol. The summed E-state index contributed by atoms with van der Waals surface area (Å²) < 4.78 is 12.8. The number of morpholine rings is 1. The molecular weight excluding hydrogens is 334 g/mol. The Kier molecular flexibility index (Phi) is 5.28. The summed E-state index contributed by atoms with van der Waals surface area (Å²) in [6.07, 6.45) is 2.16. The summed E-state index contributed by atoms with van der Waals surface area (Å²) in [5, 5.41) is 12.8. The fourth-order valence-corrected chi connectivity index (χ4v) is 3.77. The van der Waals surface area contributed by atoms with Crippen LogP contribution in [0.2, 0.25) is 0 Å². The highest BCUT2D eigenvalue weighted by molar-refractivity contribution is 5.03. The van der Waals surface area contributed by atoms with Crippen molar-refractivity contribution in [1.29, 1.82) is 0 Å². The average molecular weight is 361 g/mol. The molecule has 2 fully saturated rings. The Balaban J connectivity index is 1.32. The minimum absolute atomic E-state index is 0.464. The lowest BCUT2D eigenvalue weighted by Crippen LogP contribution is -2.36. The van der Waals surface area contributed by atoms with E-state index in [0.29, 0.717) is 17.6 Å². The molecular formula is C17H27N7O2. The lowest BCUT2D eigenvalue weighted by molar-refractivity contribution is 0.0326. The van der Waals surface area contributed by atoms with E-state index >= 15 is 0 Å². The Morgan fingerprint density at radius 1 is 1.00 bits per heavy atom. The summed E-state index contributed by atoms with van der Waals surface area (Å²) in [6, 6.07) is 0. The Hall–Kier alpha value is -1.84. The summed E-state index contributed by atoms with van der Waals surface area (Å²) in [5.74, 6) is 4.02. The third-order valence-corrected chi connectivity index (χ3v) is 5.35. The summed E-state index contributed by atoms with van der Waals surface area (Å²) in [7, 11) is 2.10. The van der Waals surface area contributed by atoms with Crippen LogP contribution in [0.3, 0.4) is 0 Å². The molecule has 0 aromatic carbocycles. The summed E-state index contributed by atoms with van der Waals surface area (Å²) in [4.78, 5) is 9.05. The van der Waals surface area contributed by atoms with E-state index in [1.807, 2.05) is 6.92 Å². The van der Waals surface area contributed by atoms with E-state index in [4.69, 9.17) is 9.26 Å². The van der Waals surface area contributed by atoms with E-state index in [1.165, 1.54) is 0 Å². The first kappa shape index (κ1) is 17.6. The van der Waals surface area contributed by atoms with Crippen LogP contribution in [0.4, 0.5) is 0 Å². The van der Waals surface area contributed by atoms with Gasteiger partial charge in [0.25, 0.3) is 0 Å². The fraction of sp³-hybridized carbons (Fsp3) is 0.765. The van der Waals surface area contributed by atoms with Crippen molar-refractivity contribution in [3.8, 4) is 0 Å². The number of hydrogen-bond donors (Lipinski definition) is 0. The molecule has 0 aliphatic carbocycles. The Morgan fingerprint density at radius 3 is 2.42 bits per heavy atom. The van der Waals surface area contributed by atoms with Gasteiger partial charge in [-0.1, -0.05) is 5.16 Å². The van der Waals surface area contributed by atoms with Crippen LogP contribution in [-0.4, -0.2) is 74.1 Å². The van der Waals surface area contributed by atoms with E-state index in [9.17, 15) is 0 Å². The number of nitrogens with zero attached hydrogens (tertiary/aromatic N) is 7. The lowest BCUT2D eigenvalue weighted by atomic mass is 9.96. The molecule has 2 aromatic rings. The largest absolute Gasteiger partial charge is 0.379 e. The van der Waals surface area contributed by atoms with Crippen LogP contribution in [0.5, 0.6) is 0 Å². The zero-order valence-corrected chi connectivity index (χ0v) is 15.6. The minimum atomic E-state index is 0.464. The van der Waals surface area contributed by atoms with Crippen LogP contribution in [0, 0.1) is 6.92 Å². The highest BCUT2D eigenvalue weighted by Crippen LogP contribution is 2.27. The maximum Gasteiger partial charge on any atom is 0.240 e. The molecule has 9 nitrogen and oxygen atoms in total. The lowest BCUT2D eigenvalue weighted by Gasteiger charge is -2.30. The molecule has 142 valence electrons. The summed E-state index contributed by atoms with van der Waals surface area (Å²) in [6.45, 7) is 9.01. The third kappa shape index (κ3) is 3.94. The molecule has 0 N–H and O–H groups in total. The normalized spacial score (nSPS) is 20.7. The number of piperidine rings is 1. The van der Waals surface area contributed by atoms with E-state index in [-0.39, 0.29) is 0 Å². The first-order valence-corrected chi connectivity index (χ1v) is 9.39. The molecule has 4 heterocycles. The molecule has 0 amide bonds. The average Bonchev–Trinajstić information content (AvgIpc) is 3.23. The SMILES string of the molecule is Cc1noc(CN2CCC(c3nnc(CN4CCOCC4)n3C)CC2)n1. The number of hydrogen-bond acceptors (Lipinski definition) is 8. The second-order valence-corrected chi connectivity index (χ2v) is 7.21. The van der Waals surface area contributed by atoms with Crippen LogP contribution in [0.25, 0.3) is 0 Å². The van der Waals surface area contributed by atoms with Gasteiger partial charge < -0.3 is 13.8 Å². The molecule has 9 heteroatoms. The van der Waals surface area contributed by atoms with Crippen LogP contribution in [-0.2, 0) is 24.9 Å². The number of aromatic nitrogens is 5. The van der Waals surface area contributed by atoms with Crippen molar-refractivity contribution in [1.82, 2.24) is 34.7 Å². The number of ether oxygens (including phenoxy) is 1. The third-order valence-electron chi connectivity index (χ3n) is 5.35. The standard InChI is InChI=1S/C17H27N7O2/c1-13-18-16(26-21-13)12-23-5-3-14(4-6-23)17-20-19-15(22(17)2)11-24-7-9-25-10-8-24/h14H,3-12H2,1-2H3. The molecule has 2 saturated heterocycles. The predicted molar refractivity (Wildman–Crippen MR) is 93.4 cm³/mol. The smallest absolute Gasteiger partial charge is 0.240 e. The van der Waals surface area contributed by atoms with Crippen LogP contribution in [0.15, 0.2) is 4.52 Å². The van der Waals surface area contributed by atoms with Gasteiger partial charge in [0.05, 0.1) is 26.3 Å². The Labute approximate surface area is 153 Å². The second kappa shape index (κ2) is 7.81. The van der Waals surface area contributed by atoms with Gasteiger partial charge in [-0.25, -0.2) is 0 Å². The molecule has 0 atom stereocenters. The minimum Gasteiger partial charge on any atom is -0.379 e. The van der Waals surface area contributed by atoms with Gasteiger partial charge in [-0.15, -0.1) is 10.2 Å². The Morgan fingerprint density at radius 2 is 1.73 bits per heavy atom. The molecule has 4 rings (SSSR count). The first-order chi connectivity index (χ1) is 12.7. The Bertz CT molecular complexity index is 715. The van der Waals surface area contributed by atoms with Crippen molar-refractivity contribution in [2.75, 3.05) is 39.4 Å².